The second kappa shape index (κ2) is 5.72. The maximum Gasteiger partial charge on any atom is 0.273 e. The van der Waals surface area contributed by atoms with E-state index in [-0.39, 0.29) is 5.91 Å². The molecule has 0 fully saturated rings. The fraction of sp³-hybridized carbons (Fsp3) is 0.417. The third-order valence-electron chi connectivity index (χ3n) is 2.95. The van der Waals surface area contributed by atoms with E-state index in [4.69, 9.17) is 0 Å². The number of aryl methyl sites for hydroxylation is 2. The topological polar surface area (TPSA) is 56.0 Å². The summed E-state index contributed by atoms with van der Waals surface area (Å²) in [6.07, 6.45) is 3.45. The van der Waals surface area contributed by atoms with Crippen LogP contribution in [0.2, 0.25) is 0 Å². The lowest BCUT2D eigenvalue weighted by atomic mass is 10.3. The van der Waals surface area contributed by atoms with Gasteiger partial charge in [0.1, 0.15) is 5.69 Å². The third-order valence-corrected chi connectivity index (χ3v) is 3.74. The van der Waals surface area contributed by atoms with Gasteiger partial charge in [-0.3, -0.25) is 14.2 Å². The van der Waals surface area contributed by atoms with Crippen LogP contribution < -0.4 is 0 Å². The van der Waals surface area contributed by atoms with Gasteiger partial charge in [-0.1, -0.05) is 0 Å². The van der Waals surface area contributed by atoms with Crippen LogP contribution in [0.15, 0.2) is 18.5 Å². The van der Waals surface area contributed by atoms with E-state index in [2.05, 4.69) is 32.8 Å². The highest BCUT2D eigenvalue weighted by Crippen LogP contribution is 2.14. The Bertz CT molecular complexity index is 569. The fourth-order valence-corrected chi connectivity index (χ4v) is 2.63. The number of carbonyl (C=O) groups excluding carboxylic acids is 1. The Morgan fingerprint density at radius 3 is 2.79 bits per heavy atom. The monoisotopic (exact) mass is 373 g/mol. The summed E-state index contributed by atoms with van der Waals surface area (Å²) in [4.78, 5) is 14.1. The lowest BCUT2D eigenvalue weighted by Gasteiger charge is -2.18. The highest BCUT2D eigenvalue weighted by molar-refractivity contribution is 14.1. The Balaban J connectivity index is 2.17. The number of carbonyl (C=O) groups is 1. The van der Waals surface area contributed by atoms with Gasteiger partial charge >= 0.3 is 0 Å². The van der Waals surface area contributed by atoms with Crippen molar-refractivity contribution in [3.8, 4) is 0 Å². The minimum atomic E-state index is -0.0340. The third kappa shape index (κ3) is 2.80. The van der Waals surface area contributed by atoms with E-state index in [1.165, 1.54) is 0 Å². The number of hydrogen-bond acceptors (Lipinski definition) is 3. The molecule has 0 saturated carbocycles. The molecule has 1 amide bonds. The average Bonchev–Trinajstić information content (AvgIpc) is 2.95. The molecule has 0 bridgehead atoms. The van der Waals surface area contributed by atoms with Gasteiger partial charge in [-0.25, -0.2) is 0 Å². The van der Waals surface area contributed by atoms with E-state index >= 15 is 0 Å². The lowest BCUT2D eigenvalue weighted by molar-refractivity contribution is 0.0769. The summed E-state index contributed by atoms with van der Waals surface area (Å²) in [5.41, 5.74) is 1.64. The van der Waals surface area contributed by atoms with Crippen LogP contribution in [0, 0.1) is 3.57 Å². The normalized spacial score (nSPS) is 10.7. The molecule has 0 saturated heterocycles. The maximum absolute atomic E-state index is 12.4. The number of hydrogen-bond donors (Lipinski definition) is 0. The molecule has 6 nitrogen and oxygen atoms in total. The second-order valence-corrected chi connectivity index (χ2v) is 5.43. The predicted molar refractivity (Wildman–Crippen MR) is 79.6 cm³/mol. The minimum absolute atomic E-state index is 0.0340. The predicted octanol–water partition coefficient (Wildman–Crippen LogP) is 1.51. The van der Waals surface area contributed by atoms with Gasteiger partial charge in [0.25, 0.3) is 5.91 Å². The highest BCUT2D eigenvalue weighted by atomic mass is 127. The van der Waals surface area contributed by atoms with Crippen LogP contribution in [0.1, 0.15) is 23.1 Å². The molecule has 2 aromatic rings. The molecule has 7 heteroatoms. The van der Waals surface area contributed by atoms with Crippen molar-refractivity contribution in [3.05, 3.63) is 33.4 Å². The SMILES string of the molecule is CCn1nccc1CN(C)C(=O)c1c(I)cnn1C. The molecular weight excluding hydrogens is 357 g/mol. The van der Waals surface area contributed by atoms with E-state index in [1.807, 2.05) is 17.7 Å². The van der Waals surface area contributed by atoms with Crippen LogP contribution in [-0.2, 0) is 20.1 Å². The Kier molecular flexibility index (Phi) is 4.23. The van der Waals surface area contributed by atoms with Gasteiger partial charge in [0.15, 0.2) is 0 Å². The molecule has 2 rings (SSSR count). The largest absolute Gasteiger partial charge is 0.334 e. The molecule has 0 N–H and O–H groups in total. The quantitative estimate of drug-likeness (QED) is 0.764. The van der Waals surface area contributed by atoms with Crippen molar-refractivity contribution in [2.45, 2.75) is 20.0 Å². The first-order valence-corrected chi connectivity index (χ1v) is 7.06. The summed E-state index contributed by atoms with van der Waals surface area (Å²) >= 11 is 2.13. The number of halogens is 1. The van der Waals surface area contributed by atoms with Gasteiger partial charge in [0.2, 0.25) is 0 Å². The van der Waals surface area contributed by atoms with Crippen molar-refractivity contribution >= 4 is 28.5 Å². The Morgan fingerprint density at radius 2 is 2.21 bits per heavy atom. The molecular formula is C12H16IN5O. The number of amides is 1. The Morgan fingerprint density at radius 1 is 1.47 bits per heavy atom. The van der Waals surface area contributed by atoms with E-state index in [0.29, 0.717) is 12.2 Å². The molecule has 0 aliphatic carbocycles. The number of aromatic nitrogens is 4. The standard InChI is InChI=1S/C12H16IN5O/c1-4-18-9(5-6-14-18)8-16(2)12(19)11-10(13)7-15-17(11)3/h5-7H,4,8H2,1-3H3. The van der Waals surface area contributed by atoms with Crippen LogP contribution in [0.4, 0.5) is 0 Å². The van der Waals surface area contributed by atoms with Gasteiger partial charge in [0.05, 0.1) is 22.0 Å². The van der Waals surface area contributed by atoms with Crippen molar-refractivity contribution < 1.29 is 4.79 Å². The van der Waals surface area contributed by atoms with Gasteiger partial charge in [-0.05, 0) is 35.6 Å². The zero-order valence-electron chi connectivity index (χ0n) is 11.2. The van der Waals surface area contributed by atoms with Gasteiger partial charge in [-0.2, -0.15) is 10.2 Å². The van der Waals surface area contributed by atoms with Gasteiger partial charge < -0.3 is 4.90 Å². The zero-order valence-corrected chi connectivity index (χ0v) is 13.3. The molecule has 0 atom stereocenters. The van der Waals surface area contributed by atoms with E-state index in [1.54, 1.807) is 36.1 Å². The van der Waals surface area contributed by atoms with Crippen molar-refractivity contribution in [1.29, 1.82) is 0 Å². The van der Waals surface area contributed by atoms with Crippen LogP contribution in [0.3, 0.4) is 0 Å². The first kappa shape index (κ1) is 14.0. The molecule has 0 aliphatic rings. The molecule has 0 spiro atoms. The zero-order chi connectivity index (χ0) is 14.0. The fourth-order valence-electron chi connectivity index (χ4n) is 1.93. The molecule has 0 unspecified atom stereocenters. The summed E-state index contributed by atoms with van der Waals surface area (Å²) in [6.45, 7) is 3.36. The van der Waals surface area contributed by atoms with Crippen LogP contribution >= 0.6 is 22.6 Å². The number of nitrogens with zero attached hydrogens (tertiary/aromatic N) is 5. The summed E-state index contributed by atoms with van der Waals surface area (Å²) < 4.78 is 4.36. The molecule has 0 aliphatic heterocycles. The summed E-state index contributed by atoms with van der Waals surface area (Å²) in [7, 11) is 3.57. The van der Waals surface area contributed by atoms with Gasteiger partial charge in [0, 0.05) is 26.8 Å². The second-order valence-electron chi connectivity index (χ2n) is 4.26. The molecule has 2 aromatic heterocycles. The average molecular weight is 373 g/mol. The highest BCUT2D eigenvalue weighted by Gasteiger charge is 2.20. The Hall–Kier alpha value is -1.38. The van der Waals surface area contributed by atoms with Crippen LogP contribution in [0.5, 0.6) is 0 Å². The summed E-state index contributed by atoms with van der Waals surface area (Å²) in [5.74, 6) is -0.0340. The number of rotatable bonds is 4. The van der Waals surface area contributed by atoms with E-state index in [9.17, 15) is 4.79 Å². The summed E-state index contributed by atoms with van der Waals surface area (Å²) in [5, 5.41) is 8.30. The van der Waals surface area contributed by atoms with Crippen molar-refractivity contribution in [2.75, 3.05) is 7.05 Å². The first-order valence-electron chi connectivity index (χ1n) is 5.98. The molecule has 0 aromatic carbocycles. The van der Waals surface area contributed by atoms with Crippen LogP contribution in [-0.4, -0.2) is 37.4 Å². The molecule has 0 radical (unpaired) electrons. The lowest BCUT2D eigenvalue weighted by Crippen LogP contribution is -2.29. The van der Waals surface area contributed by atoms with Gasteiger partial charge in [-0.15, -0.1) is 0 Å². The maximum atomic E-state index is 12.4. The van der Waals surface area contributed by atoms with Crippen LogP contribution in [0.25, 0.3) is 0 Å². The minimum Gasteiger partial charge on any atom is -0.334 e. The van der Waals surface area contributed by atoms with E-state index in [0.717, 1.165) is 15.8 Å². The smallest absolute Gasteiger partial charge is 0.273 e. The molecule has 2 heterocycles. The first-order chi connectivity index (χ1) is 9.04. The van der Waals surface area contributed by atoms with Crippen molar-refractivity contribution in [3.63, 3.8) is 0 Å². The van der Waals surface area contributed by atoms with Crippen molar-refractivity contribution in [2.24, 2.45) is 7.05 Å². The van der Waals surface area contributed by atoms with Crippen molar-refractivity contribution in [1.82, 2.24) is 24.5 Å². The Labute approximate surface area is 125 Å². The summed E-state index contributed by atoms with van der Waals surface area (Å²) in [6, 6.07) is 1.93. The molecule has 102 valence electrons. The molecule has 19 heavy (non-hydrogen) atoms. The van der Waals surface area contributed by atoms with E-state index < -0.39 is 0 Å².